The molecule has 1 unspecified atom stereocenters. The van der Waals surface area contributed by atoms with E-state index >= 15 is 0 Å². The van der Waals surface area contributed by atoms with Crippen molar-refractivity contribution in [3.05, 3.63) is 105 Å². The number of benzene rings is 2. The molecule has 2 N–H and O–H groups in total. The van der Waals surface area contributed by atoms with Crippen molar-refractivity contribution in [1.29, 1.82) is 0 Å². The van der Waals surface area contributed by atoms with E-state index in [1.165, 1.54) is 41.3 Å². The number of nitro groups is 1. The fraction of sp³-hybridized carbons (Fsp3) is 0.0870. The van der Waals surface area contributed by atoms with Crippen molar-refractivity contribution in [3.63, 3.8) is 0 Å². The van der Waals surface area contributed by atoms with Crippen LogP contribution in [0, 0.1) is 10.1 Å². The van der Waals surface area contributed by atoms with E-state index in [-0.39, 0.29) is 29.1 Å². The van der Waals surface area contributed by atoms with Gasteiger partial charge in [-0.2, -0.15) is 0 Å². The maximum absolute atomic E-state index is 13.0. The van der Waals surface area contributed by atoms with Gasteiger partial charge in [0.2, 0.25) is 0 Å². The minimum atomic E-state index is -0.967. The minimum Gasteiger partial charge on any atom is -0.508 e. The van der Waals surface area contributed by atoms with Crippen LogP contribution < -0.4 is 0 Å². The number of aliphatic hydroxyl groups is 1. The van der Waals surface area contributed by atoms with Crippen LogP contribution >= 0.6 is 0 Å². The molecule has 0 bridgehead atoms. The molecular formula is C23H17N3O6. The van der Waals surface area contributed by atoms with Gasteiger partial charge in [0.05, 0.1) is 16.5 Å². The predicted molar refractivity (Wildman–Crippen MR) is 113 cm³/mol. The molecule has 1 aliphatic rings. The Labute approximate surface area is 182 Å². The lowest BCUT2D eigenvalue weighted by Crippen LogP contribution is -2.29. The number of nitrogens with zero attached hydrogens (tertiary/aromatic N) is 3. The number of ketones is 1. The molecular weight excluding hydrogens is 414 g/mol. The number of rotatable bonds is 5. The number of phenols is 1. The lowest BCUT2D eigenvalue weighted by molar-refractivity contribution is -0.384. The molecule has 0 radical (unpaired) electrons. The summed E-state index contributed by atoms with van der Waals surface area (Å²) in [5, 5.41) is 31.8. The summed E-state index contributed by atoms with van der Waals surface area (Å²) in [5.74, 6) is -2.21. The van der Waals surface area contributed by atoms with Gasteiger partial charge in [-0.15, -0.1) is 0 Å². The Hall–Kier alpha value is -4.53. The molecule has 0 aliphatic carbocycles. The Balaban J connectivity index is 1.85. The number of carbonyl (C=O) groups is 2. The summed E-state index contributed by atoms with van der Waals surface area (Å²) in [6.07, 6.45) is 3.12. The van der Waals surface area contributed by atoms with Gasteiger partial charge >= 0.3 is 0 Å². The highest BCUT2D eigenvalue weighted by atomic mass is 16.6. The number of likely N-dealkylation sites (tertiary alicyclic amines) is 1. The molecule has 0 spiro atoms. The van der Waals surface area contributed by atoms with Gasteiger partial charge in [-0.1, -0.05) is 12.1 Å². The number of phenolic OH excluding ortho intramolecular Hbond substituents is 1. The van der Waals surface area contributed by atoms with Gasteiger partial charge in [-0.25, -0.2) is 0 Å². The molecule has 160 valence electrons. The molecule has 0 saturated carbocycles. The summed E-state index contributed by atoms with van der Waals surface area (Å²) in [7, 11) is 0. The number of pyridine rings is 1. The molecule has 9 nitrogen and oxygen atoms in total. The van der Waals surface area contributed by atoms with Crippen LogP contribution in [-0.2, 0) is 16.1 Å². The van der Waals surface area contributed by atoms with Crippen LogP contribution in [0.2, 0.25) is 0 Å². The number of aromatic nitrogens is 1. The van der Waals surface area contributed by atoms with Crippen LogP contribution in [0.25, 0.3) is 5.76 Å². The van der Waals surface area contributed by atoms with Crippen molar-refractivity contribution >= 4 is 23.1 Å². The largest absolute Gasteiger partial charge is 0.508 e. The molecule has 1 saturated heterocycles. The molecule has 9 heteroatoms. The smallest absolute Gasteiger partial charge is 0.295 e. The second-order valence-electron chi connectivity index (χ2n) is 7.18. The monoisotopic (exact) mass is 431 g/mol. The van der Waals surface area contributed by atoms with Gasteiger partial charge in [0, 0.05) is 36.6 Å². The first kappa shape index (κ1) is 20.7. The van der Waals surface area contributed by atoms with Crippen molar-refractivity contribution < 1.29 is 24.7 Å². The molecule has 1 atom stereocenters. The Morgan fingerprint density at radius 1 is 1.06 bits per heavy atom. The Bertz CT molecular complexity index is 1240. The van der Waals surface area contributed by atoms with E-state index in [1.807, 2.05) is 0 Å². The standard InChI is InChI=1S/C23H17N3O6/c27-18-3-1-2-16(12-18)20-19(21(28)15-4-6-17(7-5-15)26(31)32)22(29)23(30)25(20)13-14-8-10-24-11-9-14/h1-12,20,27-28H,13H2/b21-19-. The van der Waals surface area contributed by atoms with Crippen molar-refractivity contribution in [2.24, 2.45) is 0 Å². The Morgan fingerprint density at radius 2 is 1.75 bits per heavy atom. The van der Waals surface area contributed by atoms with E-state index in [4.69, 9.17) is 0 Å². The second kappa shape index (κ2) is 8.31. The van der Waals surface area contributed by atoms with Crippen molar-refractivity contribution in [2.45, 2.75) is 12.6 Å². The maximum atomic E-state index is 13.0. The van der Waals surface area contributed by atoms with Gasteiger partial charge in [0.1, 0.15) is 11.5 Å². The summed E-state index contributed by atoms with van der Waals surface area (Å²) >= 11 is 0. The van der Waals surface area contributed by atoms with Gasteiger partial charge < -0.3 is 15.1 Å². The summed E-state index contributed by atoms with van der Waals surface area (Å²) in [6.45, 7) is 0.0739. The van der Waals surface area contributed by atoms with Crippen molar-refractivity contribution in [3.8, 4) is 5.75 Å². The second-order valence-corrected chi connectivity index (χ2v) is 7.18. The third-order valence-electron chi connectivity index (χ3n) is 5.18. The lowest BCUT2D eigenvalue weighted by atomic mass is 9.95. The van der Waals surface area contributed by atoms with E-state index in [0.717, 1.165) is 5.56 Å². The number of nitro benzene ring substituents is 1. The van der Waals surface area contributed by atoms with Gasteiger partial charge in [-0.05, 0) is 47.5 Å². The zero-order valence-electron chi connectivity index (χ0n) is 16.6. The van der Waals surface area contributed by atoms with Gasteiger partial charge in [0.15, 0.2) is 0 Å². The van der Waals surface area contributed by atoms with Crippen LogP contribution in [0.5, 0.6) is 5.75 Å². The zero-order chi connectivity index (χ0) is 22.8. The third-order valence-corrected chi connectivity index (χ3v) is 5.18. The number of carbonyl (C=O) groups excluding carboxylic acids is 2. The van der Waals surface area contributed by atoms with E-state index in [2.05, 4.69) is 4.98 Å². The topological polar surface area (TPSA) is 134 Å². The van der Waals surface area contributed by atoms with Crippen LogP contribution in [0.15, 0.2) is 78.6 Å². The predicted octanol–water partition coefficient (Wildman–Crippen LogP) is 3.32. The van der Waals surface area contributed by atoms with Crippen LogP contribution in [0.3, 0.4) is 0 Å². The zero-order valence-corrected chi connectivity index (χ0v) is 16.6. The number of hydrogen-bond donors (Lipinski definition) is 2. The first-order chi connectivity index (χ1) is 15.4. The van der Waals surface area contributed by atoms with Crippen LogP contribution in [-0.4, -0.2) is 36.7 Å². The first-order valence-electron chi connectivity index (χ1n) is 9.58. The number of aromatic hydroxyl groups is 1. The summed E-state index contributed by atoms with van der Waals surface area (Å²) < 4.78 is 0. The van der Waals surface area contributed by atoms with E-state index in [1.54, 1.807) is 36.7 Å². The highest BCUT2D eigenvalue weighted by molar-refractivity contribution is 6.46. The van der Waals surface area contributed by atoms with Crippen LogP contribution in [0.4, 0.5) is 5.69 Å². The normalized spacial score (nSPS) is 17.5. The van der Waals surface area contributed by atoms with Gasteiger partial charge in [0.25, 0.3) is 17.4 Å². The number of amides is 1. The molecule has 1 fully saturated rings. The average molecular weight is 431 g/mol. The summed E-state index contributed by atoms with van der Waals surface area (Å²) in [5.41, 5.74) is 0.972. The SMILES string of the molecule is O=C1C(=O)N(Cc2ccncc2)C(c2cccc(O)c2)/C1=C(/O)c1ccc([N+](=O)[O-])cc1. The summed E-state index contributed by atoms with van der Waals surface area (Å²) in [4.78, 5) is 41.5. The number of aliphatic hydroxyl groups excluding tert-OH is 1. The van der Waals surface area contributed by atoms with Crippen molar-refractivity contribution in [2.75, 3.05) is 0 Å². The number of non-ortho nitro benzene ring substituents is 1. The fourth-order valence-electron chi connectivity index (χ4n) is 3.67. The van der Waals surface area contributed by atoms with Crippen molar-refractivity contribution in [1.82, 2.24) is 9.88 Å². The molecule has 32 heavy (non-hydrogen) atoms. The molecule has 3 aromatic rings. The number of Topliss-reactive ketones (excluding diaryl/α,β-unsaturated/α-hetero) is 1. The van der Waals surface area contributed by atoms with Crippen LogP contribution in [0.1, 0.15) is 22.7 Å². The van der Waals surface area contributed by atoms with E-state index < -0.39 is 28.4 Å². The molecule has 1 aliphatic heterocycles. The third kappa shape index (κ3) is 3.79. The molecule has 2 aromatic carbocycles. The maximum Gasteiger partial charge on any atom is 0.295 e. The first-order valence-corrected chi connectivity index (χ1v) is 9.58. The highest BCUT2D eigenvalue weighted by Crippen LogP contribution is 2.41. The molecule has 2 heterocycles. The minimum absolute atomic E-state index is 0.0627. The fourth-order valence-corrected chi connectivity index (χ4v) is 3.67. The quantitative estimate of drug-likeness (QED) is 0.208. The highest BCUT2D eigenvalue weighted by Gasteiger charge is 2.46. The lowest BCUT2D eigenvalue weighted by Gasteiger charge is -2.25. The van der Waals surface area contributed by atoms with E-state index in [9.17, 15) is 29.9 Å². The average Bonchev–Trinajstić information content (AvgIpc) is 3.04. The Kier molecular flexibility index (Phi) is 5.38. The summed E-state index contributed by atoms with van der Waals surface area (Å²) in [6, 6.07) is 13.5. The van der Waals surface area contributed by atoms with E-state index in [0.29, 0.717) is 5.56 Å². The molecule has 1 aromatic heterocycles. The Morgan fingerprint density at radius 3 is 2.38 bits per heavy atom. The molecule has 4 rings (SSSR count). The van der Waals surface area contributed by atoms with Gasteiger partial charge in [-0.3, -0.25) is 24.7 Å². The molecule has 1 amide bonds. The number of hydrogen-bond acceptors (Lipinski definition) is 7.